The number of benzene rings is 1. The highest BCUT2D eigenvalue weighted by atomic mass is 32.2. The molecule has 0 spiro atoms. The molecular weight excluding hydrogens is 298 g/mol. The molecule has 0 unspecified atom stereocenters. The van der Waals surface area contributed by atoms with Gasteiger partial charge in [0.05, 0.1) is 18.2 Å². The number of ketones is 1. The van der Waals surface area contributed by atoms with Crippen LogP contribution in [0.2, 0.25) is 0 Å². The summed E-state index contributed by atoms with van der Waals surface area (Å²) in [5, 5.41) is 18.4. The number of nitrogens with zero attached hydrogens (tertiary/aromatic N) is 1. The smallest absolute Gasteiger partial charge is 0.163 e. The number of Topliss-reactive ketones (excluding diaryl/α,β-unsaturated/α-hetero) is 1. The van der Waals surface area contributed by atoms with Crippen molar-refractivity contribution in [1.82, 2.24) is 0 Å². The Kier molecular flexibility index (Phi) is 8.46. The van der Waals surface area contributed by atoms with Crippen molar-refractivity contribution < 1.29 is 14.6 Å². The van der Waals surface area contributed by atoms with Crippen molar-refractivity contribution in [3.63, 3.8) is 0 Å². The van der Waals surface area contributed by atoms with Crippen molar-refractivity contribution in [1.29, 1.82) is 5.26 Å². The Balaban J connectivity index is 2.59. The molecule has 0 atom stereocenters. The van der Waals surface area contributed by atoms with Crippen LogP contribution in [-0.4, -0.2) is 23.8 Å². The van der Waals surface area contributed by atoms with Crippen molar-refractivity contribution in [3.8, 4) is 17.6 Å². The van der Waals surface area contributed by atoms with E-state index in [1.54, 1.807) is 17.8 Å². The molecular formula is C17H23NO3S. The Morgan fingerprint density at radius 3 is 2.68 bits per heavy atom. The fourth-order valence-electron chi connectivity index (χ4n) is 2.14. The molecule has 0 radical (unpaired) electrons. The molecule has 22 heavy (non-hydrogen) atoms. The van der Waals surface area contributed by atoms with Gasteiger partial charge in [0.15, 0.2) is 5.78 Å². The SMILES string of the molecule is CSCc1cc(C(C)=O)c(O)cc1OCCCCCCC#N. The average Bonchev–Trinajstić information content (AvgIpc) is 2.48. The molecule has 120 valence electrons. The number of hydrogen-bond donors (Lipinski definition) is 1. The molecule has 0 bridgehead atoms. The van der Waals surface area contributed by atoms with Crippen LogP contribution >= 0.6 is 11.8 Å². The molecule has 1 aromatic rings. The third-order valence-electron chi connectivity index (χ3n) is 3.30. The molecule has 0 aliphatic heterocycles. The number of unbranched alkanes of at least 4 members (excludes halogenated alkanes) is 4. The highest BCUT2D eigenvalue weighted by Gasteiger charge is 2.13. The summed E-state index contributed by atoms with van der Waals surface area (Å²) in [6, 6.07) is 5.40. The minimum Gasteiger partial charge on any atom is -0.507 e. The van der Waals surface area contributed by atoms with Crippen molar-refractivity contribution in [2.24, 2.45) is 0 Å². The van der Waals surface area contributed by atoms with E-state index < -0.39 is 0 Å². The lowest BCUT2D eigenvalue weighted by Crippen LogP contribution is -2.02. The molecule has 1 rings (SSSR count). The lowest BCUT2D eigenvalue weighted by atomic mass is 10.1. The number of thioether (sulfide) groups is 1. The molecule has 0 heterocycles. The van der Waals surface area contributed by atoms with Crippen LogP contribution in [0.15, 0.2) is 12.1 Å². The molecule has 0 saturated heterocycles. The Morgan fingerprint density at radius 1 is 1.32 bits per heavy atom. The minimum atomic E-state index is -0.149. The number of phenolic OH excluding ortho intramolecular Hbond substituents is 1. The molecule has 0 saturated carbocycles. The fraction of sp³-hybridized carbons (Fsp3) is 0.529. The third-order valence-corrected chi connectivity index (χ3v) is 3.90. The van der Waals surface area contributed by atoms with E-state index in [4.69, 9.17) is 10.00 Å². The maximum atomic E-state index is 11.5. The van der Waals surface area contributed by atoms with Gasteiger partial charge in [-0.3, -0.25) is 4.79 Å². The van der Waals surface area contributed by atoms with Crippen LogP contribution in [0.4, 0.5) is 0 Å². The second kappa shape index (κ2) is 10.1. The van der Waals surface area contributed by atoms with E-state index >= 15 is 0 Å². The molecule has 0 amide bonds. The summed E-state index contributed by atoms with van der Waals surface area (Å²) in [4.78, 5) is 11.5. The average molecular weight is 321 g/mol. The summed E-state index contributed by atoms with van der Waals surface area (Å²) in [7, 11) is 0. The van der Waals surface area contributed by atoms with Crippen LogP contribution in [0.5, 0.6) is 11.5 Å². The van der Waals surface area contributed by atoms with Gasteiger partial charge in [-0.1, -0.05) is 12.8 Å². The molecule has 0 aromatic heterocycles. The first kappa shape index (κ1) is 18.4. The standard InChI is InChI=1S/C17H23NO3S/c1-13(19)15-10-14(12-22-2)17(11-16(15)20)21-9-7-5-3-4-6-8-18/h10-11,20H,3-7,9,12H2,1-2H3. The lowest BCUT2D eigenvalue weighted by Gasteiger charge is -2.13. The van der Waals surface area contributed by atoms with Crippen LogP contribution in [0, 0.1) is 11.3 Å². The molecule has 4 nitrogen and oxygen atoms in total. The van der Waals surface area contributed by atoms with Gasteiger partial charge in [-0.2, -0.15) is 17.0 Å². The topological polar surface area (TPSA) is 70.3 Å². The Bertz CT molecular complexity index is 537. The summed E-state index contributed by atoms with van der Waals surface area (Å²) in [6.07, 6.45) is 6.50. The number of nitriles is 1. The second-order valence-electron chi connectivity index (χ2n) is 5.14. The van der Waals surface area contributed by atoms with Gasteiger partial charge in [0.1, 0.15) is 11.5 Å². The number of ether oxygens (including phenoxy) is 1. The Morgan fingerprint density at radius 2 is 2.05 bits per heavy atom. The largest absolute Gasteiger partial charge is 0.507 e. The summed E-state index contributed by atoms with van der Waals surface area (Å²) in [6.45, 7) is 2.02. The monoisotopic (exact) mass is 321 g/mol. The maximum Gasteiger partial charge on any atom is 0.163 e. The summed E-state index contributed by atoms with van der Waals surface area (Å²) in [5.74, 6) is 1.21. The second-order valence-corrected chi connectivity index (χ2v) is 6.00. The van der Waals surface area contributed by atoms with Gasteiger partial charge in [0.25, 0.3) is 0 Å². The number of phenols is 1. The van der Waals surface area contributed by atoms with Gasteiger partial charge in [-0.25, -0.2) is 0 Å². The van der Waals surface area contributed by atoms with E-state index in [1.165, 1.54) is 13.0 Å². The summed E-state index contributed by atoms with van der Waals surface area (Å²) in [5.41, 5.74) is 1.27. The highest BCUT2D eigenvalue weighted by molar-refractivity contribution is 7.97. The predicted octanol–water partition coefficient (Wildman–Crippen LogP) is 4.31. The van der Waals surface area contributed by atoms with E-state index in [1.807, 2.05) is 6.26 Å². The van der Waals surface area contributed by atoms with Crippen LogP contribution in [-0.2, 0) is 5.75 Å². The molecule has 1 N–H and O–H groups in total. The summed E-state index contributed by atoms with van der Waals surface area (Å²) < 4.78 is 5.76. The zero-order valence-corrected chi connectivity index (χ0v) is 14.0. The molecule has 0 aliphatic rings. The van der Waals surface area contributed by atoms with E-state index in [0.29, 0.717) is 24.3 Å². The van der Waals surface area contributed by atoms with Gasteiger partial charge in [0.2, 0.25) is 0 Å². The van der Waals surface area contributed by atoms with Crippen LogP contribution in [0.25, 0.3) is 0 Å². The summed E-state index contributed by atoms with van der Waals surface area (Å²) >= 11 is 1.64. The minimum absolute atomic E-state index is 0.0265. The maximum absolute atomic E-state index is 11.5. The highest BCUT2D eigenvalue weighted by Crippen LogP contribution is 2.31. The number of aromatic hydroxyl groups is 1. The van der Waals surface area contributed by atoms with E-state index in [-0.39, 0.29) is 11.5 Å². The fourth-order valence-corrected chi connectivity index (χ4v) is 2.68. The molecule has 0 fully saturated rings. The van der Waals surface area contributed by atoms with Crippen molar-refractivity contribution in [3.05, 3.63) is 23.3 Å². The zero-order chi connectivity index (χ0) is 16.4. The molecule has 1 aromatic carbocycles. The van der Waals surface area contributed by atoms with Gasteiger partial charge >= 0.3 is 0 Å². The van der Waals surface area contributed by atoms with E-state index in [2.05, 4.69) is 6.07 Å². The van der Waals surface area contributed by atoms with Crippen molar-refractivity contribution in [2.75, 3.05) is 12.9 Å². The van der Waals surface area contributed by atoms with Crippen molar-refractivity contribution >= 4 is 17.5 Å². The van der Waals surface area contributed by atoms with Crippen molar-refractivity contribution in [2.45, 2.75) is 44.8 Å². The lowest BCUT2D eigenvalue weighted by molar-refractivity contribution is 0.101. The van der Waals surface area contributed by atoms with Crippen LogP contribution < -0.4 is 4.74 Å². The van der Waals surface area contributed by atoms with E-state index in [9.17, 15) is 9.90 Å². The molecule has 5 heteroatoms. The normalized spacial score (nSPS) is 10.2. The van der Waals surface area contributed by atoms with Crippen LogP contribution in [0.3, 0.4) is 0 Å². The number of hydrogen-bond acceptors (Lipinski definition) is 5. The van der Waals surface area contributed by atoms with Gasteiger partial charge < -0.3 is 9.84 Å². The first-order valence-electron chi connectivity index (χ1n) is 7.45. The zero-order valence-electron chi connectivity index (χ0n) is 13.2. The quantitative estimate of drug-likeness (QED) is 0.513. The number of rotatable bonds is 10. The van der Waals surface area contributed by atoms with Gasteiger partial charge in [-0.15, -0.1) is 0 Å². The van der Waals surface area contributed by atoms with Gasteiger partial charge in [0, 0.05) is 23.8 Å². The predicted molar refractivity (Wildman–Crippen MR) is 89.5 cm³/mol. The number of carbonyl (C=O) groups is 1. The first-order chi connectivity index (χ1) is 10.6. The molecule has 0 aliphatic carbocycles. The van der Waals surface area contributed by atoms with Crippen LogP contribution in [0.1, 0.15) is 54.9 Å². The van der Waals surface area contributed by atoms with Gasteiger partial charge in [-0.05, 0) is 32.1 Å². The van der Waals surface area contributed by atoms with E-state index in [0.717, 1.165) is 37.0 Å². The Hall–Kier alpha value is -1.67. The Labute approximate surface area is 136 Å². The first-order valence-corrected chi connectivity index (χ1v) is 8.85. The third kappa shape index (κ3) is 5.98. The number of carbonyl (C=O) groups excluding carboxylic acids is 1.